The quantitative estimate of drug-likeness (QED) is 0.581. The number of methoxy groups -OCH3 is 1. The van der Waals surface area contributed by atoms with E-state index in [9.17, 15) is 9.59 Å². The molecule has 2 heterocycles. The smallest absolute Gasteiger partial charge is 0.325 e. The van der Waals surface area contributed by atoms with Crippen molar-refractivity contribution in [3.05, 3.63) is 53.9 Å². The van der Waals surface area contributed by atoms with Gasteiger partial charge in [0.1, 0.15) is 12.3 Å². The minimum absolute atomic E-state index is 0.112. The molecular weight excluding hydrogens is 394 g/mol. The predicted octanol–water partition coefficient (Wildman–Crippen LogP) is 1.95. The Balaban J connectivity index is 1.28. The van der Waals surface area contributed by atoms with Crippen LogP contribution in [0.1, 0.15) is 16.2 Å². The number of nitrogens with one attached hydrogen (secondary N) is 1. The van der Waals surface area contributed by atoms with Gasteiger partial charge in [0, 0.05) is 5.56 Å². The Bertz CT molecular complexity index is 1080. The second kappa shape index (κ2) is 8.52. The van der Waals surface area contributed by atoms with Gasteiger partial charge in [-0.2, -0.15) is 4.98 Å². The van der Waals surface area contributed by atoms with Gasteiger partial charge < -0.3 is 28.8 Å². The van der Waals surface area contributed by atoms with E-state index in [1.807, 2.05) is 12.1 Å². The molecule has 1 amide bonds. The number of carbonyl (C=O) groups excluding carboxylic acids is 2. The molecule has 30 heavy (non-hydrogen) atoms. The van der Waals surface area contributed by atoms with Gasteiger partial charge in [0.15, 0.2) is 18.1 Å². The molecule has 10 heteroatoms. The third-order valence-electron chi connectivity index (χ3n) is 4.20. The lowest BCUT2D eigenvalue weighted by Gasteiger charge is -2.06. The summed E-state index contributed by atoms with van der Waals surface area (Å²) in [4.78, 5) is 28.3. The summed E-state index contributed by atoms with van der Waals surface area (Å²) >= 11 is 0. The first kappa shape index (κ1) is 19.2. The number of benzene rings is 2. The maximum atomic E-state index is 12.2. The van der Waals surface area contributed by atoms with E-state index in [1.165, 1.54) is 0 Å². The Kier molecular flexibility index (Phi) is 5.46. The number of nitrogens with zero attached hydrogens (tertiary/aromatic N) is 2. The molecule has 1 aliphatic rings. The summed E-state index contributed by atoms with van der Waals surface area (Å²) in [6, 6.07) is 11.9. The van der Waals surface area contributed by atoms with Crippen molar-refractivity contribution in [2.75, 3.05) is 20.4 Å². The first-order valence-electron chi connectivity index (χ1n) is 8.93. The van der Waals surface area contributed by atoms with Gasteiger partial charge >= 0.3 is 5.97 Å². The molecule has 0 unspecified atom stereocenters. The van der Waals surface area contributed by atoms with Crippen molar-refractivity contribution in [2.45, 2.75) is 6.61 Å². The molecule has 0 saturated carbocycles. The van der Waals surface area contributed by atoms with Crippen LogP contribution in [0.15, 0.2) is 47.0 Å². The van der Waals surface area contributed by atoms with Gasteiger partial charge in [0.05, 0.1) is 12.7 Å². The minimum Gasteiger partial charge on any atom is -0.496 e. The average Bonchev–Trinajstić information content (AvgIpc) is 3.44. The van der Waals surface area contributed by atoms with Crippen molar-refractivity contribution in [3.8, 4) is 28.6 Å². The molecule has 0 saturated heterocycles. The molecule has 1 N–H and O–H groups in total. The third kappa shape index (κ3) is 4.17. The van der Waals surface area contributed by atoms with Crippen molar-refractivity contribution in [1.29, 1.82) is 0 Å². The van der Waals surface area contributed by atoms with Gasteiger partial charge in [-0.1, -0.05) is 17.3 Å². The molecule has 0 fully saturated rings. The van der Waals surface area contributed by atoms with Gasteiger partial charge in [0.2, 0.25) is 12.6 Å². The number of rotatable bonds is 7. The van der Waals surface area contributed by atoms with Crippen LogP contribution >= 0.6 is 0 Å². The molecule has 4 rings (SSSR count). The van der Waals surface area contributed by atoms with Crippen molar-refractivity contribution in [2.24, 2.45) is 0 Å². The lowest BCUT2D eigenvalue weighted by atomic mass is 10.2. The number of aromatic nitrogens is 2. The summed E-state index contributed by atoms with van der Waals surface area (Å²) < 4.78 is 25.8. The van der Waals surface area contributed by atoms with E-state index in [-0.39, 0.29) is 25.8 Å². The molecule has 1 aromatic heterocycles. The number of esters is 1. The SMILES string of the molecule is COc1ccccc1-c1noc(COC(=O)CNC(=O)c2ccc3c(c2)OCO3)n1. The van der Waals surface area contributed by atoms with Gasteiger partial charge in [-0.05, 0) is 30.3 Å². The number of hydrogen-bond acceptors (Lipinski definition) is 9. The highest BCUT2D eigenvalue weighted by molar-refractivity contribution is 5.96. The van der Waals surface area contributed by atoms with E-state index in [1.54, 1.807) is 37.4 Å². The van der Waals surface area contributed by atoms with Crippen LogP contribution in [0.5, 0.6) is 17.2 Å². The van der Waals surface area contributed by atoms with E-state index in [0.29, 0.717) is 34.2 Å². The molecular formula is C20H17N3O7. The van der Waals surface area contributed by atoms with E-state index >= 15 is 0 Å². The third-order valence-corrected chi connectivity index (χ3v) is 4.20. The highest BCUT2D eigenvalue weighted by Crippen LogP contribution is 2.32. The normalized spacial score (nSPS) is 11.8. The molecule has 0 radical (unpaired) electrons. The first-order chi connectivity index (χ1) is 14.6. The van der Waals surface area contributed by atoms with Crippen molar-refractivity contribution >= 4 is 11.9 Å². The number of hydrogen-bond donors (Lipinski definition) is 1. The zero-order chi connectivity index (χ0) is 20.9. The monoisotopic (exact) mass is 411 g/mol. The molecule has 154 valence electrons. The zero-order valence-electron chi connectivity index (χ0n) is 15.9. The van der Waals surface area contributed by atoms with E-state index in [0.717, 1.165) is 0 Å². The van der Waals surface area contributed by atoms with Gasteiger partial charge in [-0.3, -0.25) is 9.59 Å². The fourth-order valence-electron chi connectivity index (χ4n) is 2.74. The Hall–Kier alpha value is -4.08. The number of amides is 1. The molecule has 0 atom stereocenters. The fourth-order valence-corrected chi connectivity index (χ4v) is 2.74. The van der Waals surface area contributed by atoms with Crippen molar-refractivity contribution in [3.63, 3.8) is 0 Å². The highest BCUT2D eigenvalue weighted by atomic mass is 16.7. The first-order valence-corrected chi connectivity index (χ1v) is 8.93. The van der Waals surface area contributed by atoms with Crippen LogP contribution in [-0.2, 0) is 16.1 Å². The van der Waals surface area contributed by atoms with Crippen LogP contribution in [0, 0.1) is 0 Å². The van der Waals surface area contributed by atoms with Crippen LogP contribution in [0.3, 0.4) is 0 Å². The number of ether oxygens (including phenoxy) is 4. The Morgan fingerprint density at radius 2 is 1.97 bits per heavy atom. The standard InChI is InChI=1S/C20H17N3O7/c1-26-14-5-3-2-4-13(14)19-22-17(30-23-19)10-27-18(24)9-21-20(25)12-6-7-15-16(8-12)29-11-28-15/h2-8H,9-11H2,1H3,(H,21,25). The van der Waals surface area contributed by atoms with Crippen LogP contribution in [0.4, 0.5) is 0 Å². The lowest BCUT2D eigenvalue weighted by molar-refractivity contribution is -0.144. The maximum Gasteiger partial charge on any atom is 0.325 e. The lowest BCUT2D eigenvalue weighted by Crippen LogP contribution is -2.30. The summed E-state index contributed by atoms with van der Waals surface area (Å²) in [5, 5.41) is 6.35. The Labute approximate surface area is 170 Å². The predicted molar refractivity (Wildman–Crippen MR) is 101 cm³/mol. The summed E-state index contributed by atoms with van der Waals surface area (Å²) in [7, 11) is 1.54. The fraction of sp³-hybridized carbons (Fsp3) is 0.200. The van der Waals surface area contributed by atoms with E-state index in [4.69, 9.17) is 23.5 Å². The highest BCUT2D eigenvalue weighted by Gasteiger charge is 2.18. The molecule has 10 nitrogen and oxygen atoms in total. The summed E-state index contributed by atoms with van der Waals surface area (Å²) in [6.45, 7) is -0.428. The summed E-state index contributed by atoms with van der Waals surface area (Å²) in [5.41, 5.74) is 0.989. The Morgan fingerprint density at radius 1 is 1.13 bits per heavy atom. The molecule has 1 aliphatic heterocycles. The van der Waals surface area contributed by atoms with E-state index < -0.39 is 11.9 Å². The van der Waals surface area contributed by atoms with E-state index in [2.05, 4.69) is 15.5 Å². The van der Waals surface area contributed by atoms with Crippen molar-refractivity contribution < 1.29 is 33.1 Å². The van der Waals surface area contributed by atoms with Crippen LogP contribution < -0.4 is 19.5 Å². The topological polar surface area (TPSA) is 122 Å². The molecule has 0 bridgehead atoms. The summed E-state index contributed by atoms with van der Waals surface area (Å²) in [6.07, 6.45) is 0. The van der Waals surface area contributed by atoms with Crippen molar-refractivity contribution in [1.82, 2.24) is 15.5 Å². The largest absolute Gasteiger partial charge is 0.496 e. The average molecular weight is 411 g/mol. The maximum absolute atomic E-state index is 12.2. The second-order valence-electron chi connectivity index (χ2n) is 6.12. The number of para-hydroxylation sites is 1. The van der Waals surface area contributed by atoms with Crippen LogP contribution in [0.25, 0.3) is 11.4 Å². The minimum atomic E-state index is -0.652. The Morgan fingerprint density at radius 3 is 2.83 bits per heavy atom. The van der Waals surface area contributed by atoms with Gasteiger partial charge in [-0.15, -0.1) is 0 Å². The molecule has 0 aliphatic carbocycles. The molecule has 2 aromatic carbocycles. The molecule has 0 spiro atoms. The van der Waals surface area contributed by atoms with Gasteiger partial charge in [-0.25, -0.2) is 0 Å². The van der Waals surface area contributed by atoms with Crippen LogP contribution in [0.2, 0.25) is 0 Å². The second-order valence-corrected chi connectivity index (χ2v) is 6.12. The summed E-state index contributed by atoms with van der Waals surface area (Å²) in [5.74, 6) is 0.974. The number of fused-ring (bicyclic) bond motifs is 1. The number of carbonyl (C=O) groups is 2. The zero-order valence-corrected chi connectivity index (χ0v) is 15.9. The van der Waals surface area contributed by atoms with Gasteiger partial charge in [0.25, 0.3) is 11.8 Å². The van der Waals surface area contributed by atoms with Crippen LogP contribution in [-0.4, -0.2) is 42.5 Å². The molecule has 3 aromatic rings.